The molecule has 0 amide bonds. The number of halogens is 1. The lowest BCUT2D eigenvalue weighted by Gasteiger charge is -2.15. The van der Waals surface area contributed by atoms with Gasteiger partial charge in [-0.2, -0.15) is 0 Å². The van der Waals surface area contributed by atoms with Gasteiger partial charge in [0.1, 0.15) is 5.75 Å². The van der Waals surface area contributed by atoms with Crippen LogP contribution in [0.3, 0.4) is 0 Å². The Bertz CT molecular complexity index is 674. The number of hydrogen-bond acceptors (Lipinski definition) is 4. The second-order valence-electron chi connectivity index (χ2n) is 6.02. The molecule has 2 aromatic rings. The summed E-state index contributed by atoms with van der Waals surface area (Å²) in [6.45, 7) is 2.96. The number of nitrogens with zero attached hydrogens (tertiary/aromatic N) is 1. The largest absolute Gasteiger partial charge is 0.506 e. The second kappa shape index (κ2) is 6.96. The molecule has 5 heteroatoms. The maximum Gasteiger partial charge on any atom is 0.165 e. The van der Waals surface area contributed by atoms with Crippen molar-refractivity contribution in [3.8, 4) is 11.5 Å². The van der Waals surface area contributed by atoms with Crippen LogP contribution in [0.4, 0.5) is 4.39 Å². The van der Waals surface area contributed by atoms with E-state index >= 15 is 0 Å². The summed E-state index contributed by atoms with van der Waals surface area (Å²) in [5.74, 6) is 0.732. The third kappa shape index (κ3) is 4.20. The standard InChI is InChI=1S/C18H21FN2O2/c1-12(21-10-16-17(22)3-2-8-20-16)14-6-7-18(15(19)9-14)23-11-13-4-5-13/h2-3,6-9,12-13,21-22H,4-5,10-11H2,1H3. The van der Waals surface area contributed by atoms with E-state index in [4.69, 9.17) is 4.74 Å². The quantitative estimate of drug-likeness (QED) is 0.820. The number of aromatic nitrogens is 1. The molecule has 1 aliphatic rings. The van der Waals surface area contributed by atoms with Gasteiger partial charge in [-0.3, -0.25) is 4.98 Å². The molecule has 1 aromatic heterocycles. The van der Waals surface area contributed by atoms with E-state index in [1.807, 2.05) is 13.0 Å². The first-order valence-corrected chi connectivity index (χ1v) is 7.92. The molecule has 23 heavy (non-hydrogen) atoms. The molecule has 0 bridgehead atoms. The molecule has 1 heterocycles. The third-order valence-electron chi connectivity index (χ3n) is 4.07. The smallest absolute Gasteiger partial charge is 0.165 e. The zero-order valence-corrected chi connectivity index (χ0v) is 13.1. The van der Waals surface area contributed by atoms with E-state index in [1.165, 1.54) is 18.9 Å². The molecule has 1 atom stereocenters. The van der Waals surface area contributed by atoms with Gasteiger partial charge in [0.25, 0.3) is 0 Å². The summed E-state index contributed by atoms with van der Waals surface area (Å²) in [5, 5.41) is 12.9. The Hall–Kier alpha value is -2.14. The maximum absolute atomic E-state index is 14.1. The molecule has 1 aliphatic carbocycles. The zero-order chi connectivity index (χ0) is 16.2. The first-order valence-electron chi connectivity index (χ1n) is 7.92. The average molecular weight is 316 g/mol. The first kappa shape index (κ1) is 15.7. The summed E-state index contributed by atoms with van der Waals surface area (Å²) in [5.41, 5.74) is 1.40. The molecule has 2 N–H and O–H groups in total. The monoisotopic (exact) mass is 316 g/mol. The van der Waals surface area contributed by atoms with Crippen molar-refractivity contribution in [2.45, 2.75) is 32.4 Å². The van der Waals surface area contributed by atoms with Crippen molar-refractivity contribution in [3.63, 3.8) is 0 Å². The minimum Gasteiger partial charge on any atom is -0.506 e. The zero-order valence-electron chi connectivity index (χ0n) is 13.1. The fourth-order valence-corrected chi connectivity index (χ4v) is 2.33. The van der Waals surface area contributed by atoms with E-state index in [0.717, 1.165) is 5.56 Å². The summed E-state index contributed by atoms with van der Waals surface area (Å²) in [7, 11) is 0. The van der Waals surface area contributed by atoms with Crippen molar-refractivity contribution < 1.29 is 14.2 Å². The summed E-state index contributed by atoms with van der Waals surface area (Å²) < 4.78 is 19.6. The number of hydrogen-bond donors (Lipinski definition) is 2. The predicted octanol–water partition coefficient (Wildman–Crippen LogP) is 3.57. The Morgan fingerprint density at radius 1 is 1.39 bits per heavy atom. The van der Waals surface area contributed by atoms with Gasteiger partial charge in [0.15, 0.2) is 11.6 Å². The summed E-state index contributed by atoms with van der Waals surface area (Å²) in [6, 6.07) is 8.25. The van der Waals surface area contributed by atoms with Gasteiger partial charge in [-0.25, -0.2) is 4.39 Å². The predicted molar refractivity (Wildman–Crippen MR) is 85.8 cm³/mol. The van der Waals surface area contributed by atoms with Crippen LogP contribution in [0, 0.1) is 11.7 Å². The summed E-state index contributed by atoms with van der Waals surface area (Å²) >= 11 is 0. The van der Waals surface area contributed by atoms with Crippen LogP contribution in [0.2, 0.25) is 0 Å². The van der Waals surface area contributed by atoms with E-state index < -0.39 is 0 Å². The highest BCUT2D eigenvalue weighted by Gasteiger charge is 2.22. The van der Waals surface area contributed by atoms with Crippen molar-refractivity contribution in [2.24, 2.45) is 5.92 Å². The fourth-order valence-electron chi connectivity index (χ4n) is 2.33. The van der Waals surface area contributed by atoms with Crippen LogP contribution in [0.5, 0.6) is 11.5 Å². The minimum absolute atomic E-state index is 0.0663. The van der Waals surface area contributed by atoms with Crippen LogP contribution < -0.4 is 10.1 Å². The Morgan fingerprint density at radius 3 is 2.91 bits per heavy atom. The van der Waals surface area contributed by atoms with Crippen LogP contribution in [0.1, 0.15) is 37.1 Å². The van der Waals surface area contributed by atoms with Crippen LogP contribution in [0.25, 0.3) is 0 Å². The van der Waals surface area contributed by atoms with Crippen LogP contribution in [-0.4, -0.2) is 16.7 Å². The molecule has 4 nitrogen and oxygen atoms in total. The fraction of sp³-hybridized carbons (Fsp3) is 0.389. The van der Waals surface area contributed by atoms with Crippen molar-refractivity contribution >= 4 is 0 Å². The Labute approximate surface area is 135 Å². The summed E-state index contributed by atoms with van der Waals surface area (Å²) in [4.78, 5) is 4.12. The Morgan fingerprint density at radius 2 is 2.22 bits per heavy atom. The van der Waals surface area contributed by atoms with E-state index in [9.17, 15) is 9.50 Å². The molecule has 0 spiro atoms. The lowest BCUT2D eigenvalue weighted by molar-refractivity contribution is 0.285. The molecule has 1 fully saturated rings. The molecular formula is C18H21FN2O2. The molecule has 1 aromatic carbocycles. The average Bonchev–Trinajstić information content (AvgIpc) is 3.37. The van der Waals surface area contributed by atoms with Crippen LogP contribution in [-0.2, 0) is 6.54 Å². The van der Waals surface area contributed by atoms with Gasteiger partial charge in [0.05, 0.1) is 12.3 Å². The highest BCUT2D eigenvalue weighted by atomic mass is 19.1. The van der Waals surface area contributed by atoms with Crippen LogP contribution >= 0.6 is 0 Å². The van der Waals surface area contributed by atoms with Crippen molar-refractivity contribution in [2.75, 3.05) is 6.61 Å². The molecule has 0 saturated heterocycles. The van der Waals surface area contributed by atoms with E-state index in [0.29, 0.717) is 30.5 Å². The Balaban J connectivity index is 1.59. The molecule has 122 valence electrons. The van der Waals surface area contributed by atoms with Crippen molar-refractivity contribution in [1.29, 1.82) is 0 Å². The van der Waals surface area contributed by atoms with E-state index in [-0.39, 0.29) is 17.6 Å². The molecule has 3 rings (SSSR count). The molecule has 1 saturated carbocycles. The van der Waals surface area contributed by atoms with Gasteiger partial charge in [-0.1, -0.05) is 6.07 Å². The van der Waals surface area contributed by atoms with Gasteiger partial charge in [-0.05, 0) is 55.5 Å². The molecule has 0 aliphatic heterocycles. The molecular weight excluding hydrogens is 295 g/mol. The highest BCUT2D eigenvalue weighted by Crippen LogP contribution is 2.30. The topological polar surface area (TPSA) is 54.4 Å². The Kier molecular flexibility index (Phi) is 4.76. The van der Waals surface area contributed by atoms with Gasteiger partial charge < -0.3 is 15.2 Å². The lowest BCUT2D eigenvalue weighted by Crippen LogP contribution is -2.19. The minimum atomic E-state index is -0.336. The van der Waals surface area contributed by atoms with Crippen LogP contribution in [0.15, 0.2) is 36.5 Å². The van der Waals surface area contributed by atoms with Gasteiger partial charge in [-0.15, -0.1) is 0 Å². The lowest BCUT2D eigenvalue weighted by atomic mass is 10.1. The number of ether oxygens (including phenoxy) is 1. The highest BCUT2D eigenvalue weighted by molar-refractivity contribution is 5.31. The number of aromatic hydroxyl groups is 1. The third-order valence-corrected chi connectivity index (χ3v) is 4.07. The van der Waals surface area contributed by atoms with Gasteiger partial charge in [0, 0.05) is 18.8 Å². The van der Waals surface area contributed by atoms with E-state index in [2.05, 4.69) is 10.3 Å². The summed E-state index contributed by atoms with van der Waals surface area (Å²) in [6.07, 6.45) is 4.00. The van der Waals surface area contributed by atoms with Crippen molar-refractivity contribution in [1.82, 2.24) is 10.3 Å². The molecule has 1 unspecified atom stereocenters. The molecule has 0 radical (unpaired) electrons. The number of nitrogens with one attached hydrogen (secondary N) is 1. The van der Waals surface area contributed by atoms with E-state index in [1.54, 1.807) is 24.4 Å². The first-order chi connectivity index (χ1) is 11.1. The second-order valence-corrected chi connectivity index (χ2v) is 6.02. The maximum atomic E-state index is 14.1. The number of benzene rings is 1. The number of pyridine rings is 1. The van der Waals surface area contributed by atoms with Crippen molar-refractivity contribution in [3.05, 3.63) is 53.6 Å². The van der Waals surface area contributed by atoms with Gasteiger partial charge >= 0.3 is 0 Å². The number of rotatable bonds is 7. The van der Waals surface area contributed by atoms with Gasteiger partial charge in [0.2, 0.25) is 0 Å². The normalized spacial score (nSPS) is 15.4. The SMILES string of the molecule is CC(NCc1ncccc1O)c1ccc(OCC2CC2)c(F)c1.